The van der Waals surface area contributed by atoms with Gasteiger partial charge in [-0.1, -0.05) is 42.8 Å². The van der Waals surface area contributed by atoms with Crippen molar-refractivity contribution >= 4 is 11.6 Å². The van der Waals surface area contributed by atoms with Crippen molar-refractivity contribution in [1.82, 2.24) is 5.32 Å². The van der Waals surface area contributed by atoms with E-state index in [-0.39, 0.29) is 12.1 Å². The molecule has 2 atom stereocenters. The van der Waals surface area contributed by atoms with Crippen LogP contribution in [0.3, 0.4) is 0 Å². The molecule has 2 N–H and O–H groups in total. The van der Waals surface area contributed by atoms with E-state index in [4.69, 9.17) is 11.6 Å². The van der Waals surface area contributed by atoms with Gasteiger partial charge in [0.15, 0.2) is 0 Å². The first-order valence-electron chi connectivity index (χ1n) is 7.32. The quantitative estimate of drug-likeness (QED) is 0.800. The third-order valence-electron chi connectivity index (χ3n) is 3.78. The van der Waals surface area contributed by atoms with E-state index in [0.717, 1.165) is 22.6 Å². The minimum absolute atomic E-state index is 0.0752. The molecule has 0 aliphatic rings. The summed E-state index contributed by atoms with van der Waals surface area (Å²) in [7, 11) is 0. The summed E-state index contributed by atoms with van der Waals surface area (Å²) in [5.41, 5.74) is 3.20. The zero-order valence-electron chi connectivity index (χ0n) is 12.7. The van der Waals surface area contributed by atoms with E-state index < -0.39 is 0 Å². The normalized spacial score (nSPS) is 13.9. The van der Waals surface area contributed by atoms with Gasteiger partial charge in [0, 0.05) is 22.7 Å². The zero-order valence-corrected chi connectivity index (χ0v) is 13.5. The second-order valence-electron chi connectivity index (χ2n) is 5.46. The molecule has 2 rings (SSSR count). The molecule has 0 saturated carbocycles. The SMILES string of the molecule is CCC(NC(C)c1ccc(C)cc1O)c1ccc(Cl)cc1. The molecule has 21 heavy (non-hydrogen) atoms. The number of nitrogens with one attached hydrogen (secondary N) is 1. The van der Waals surface area contributed by atoms with Crippen molar-refractivity contribution in [1.29, 1.82) is 0 Å². The summed E-state index contributed by atoms with van der Waals surface area (Å²) in [5, 5.41) is 14.4. The fourth-order valence-corrected chi connectivity index (χ4v) is 2.68. The van der Waals surface area contributed by atoms with E-state index >= 15 is 0 Å². The highest BCUT2D eigenvalue weighted by molar-refractivity contribution is 6.30. The molecule has 0 aromatic heterocycles. The topological polar surface area (TPSA) is 32.3 Å². The van der Waals surface area contributed by atoms with Crippen molar-refractivity contribution in [3.05, 3.63) is 64.2 Å². The number of aryl methyl sites for hydroxylation is 1. The van der Waals surface area contributed by atoms with Crippen LogP contribution < -0.4 is 5.32 Å². The molecule has 3 heteroatoms. The molecule has 0 spiro atoms. The van der Waals surface area contributed by atoms with Gasteiger partial charge in [-0.05, 0) is 49.6 Å². The van der Waals surface area contributed by atoms with Crippen molar-refractivity contribution in [3.63, 3.8) is 0 Å². The molecule has 0 heterocycles. The lowest BCUT2D eigenvalue weighted by Gasteiger charge is -2.24. The molecule has 0 saturated heterocycles. The molecule has 0 radical (unpaired) electrons. The van der Waals surface area contributed by atoms with E-state index in [1.54, 1.807) is 6.07 Å². The van der Waals surface area contributed by atoms with Crippen LogP contribution in [0.5, 0.6) is 5.75 Å². The summed E-state index contributed by atoms with van der Waals surface area (Å²) in [4.78, 5) is 0. The molecule has 0 aliphatic heterocycles. The lowest BCUT2D eigenvalue weighted by Crippen LogP contribution is -2.24. The van der Waals surface area contributed by atoms with Gasteiger partial charge >= 0.3 is 0 Å². The average Bonchev–Trinajstić information content (AvgIpc) is 2.45. The van der Waals surface area contributed by atoms with E-state index in [0.29, 0.717) is 5.75 Å². The van der Waals surface area contributed by atoms with Gasteiger partial charge in [-0.2, -0.15) is 0 Å². The highest BCUT2D eigenvalue weighted by Gasteiger charge is 2.16. The van der Waals surface area contributed by atoms with E-state index in [1.165, 1.54) is 5.56 Å². The van der Waals surface area contributed by atoms with Gasteiger partial charge in [0.1, 0.15) is 5.75 Å². The minimum atomic E-state index is 0.0752. The monoisotopic (exact) mass is 303 g/mol. The van der Waals surface area contributed by atoms with Gasteiger partial charge in [-0.25, -0.2) is 0 Å². The number of phenolic OH excluding ortho intramolecular Hbond substituents is 1. The van der Waals surface area contributed by atoms with Gasteiger partial charge < -0.3 is 10.4 Å². The van der Waals surface area contributed by atoms with Crippen LogP contribution in [0.15, 0.2) is 42.5 Å². The molecule has 2 aromatic rings. The maximum Gasteiger partial charge on any atom is 0.120 e. The van der Waals surface area contributed by atoms with Crippen LogP contribution in [-0.4, -0.2) is 5.11 Å². The van der Waals surface area contributed by atoms with E-state index in [1.807, 2.05) is 43.3 Å². The minimum Gasteiger partial charge on any atom is -0.508 e. The molecular formula is C18H22ClNO. The van der Waals surface area contributed by atoms with E-state index in [9.17, 15) is 5.11 Å². The predicted octanol–water partition coefficient (Wildman–Crippen LogP) is 5.16. The molecule has 0 aliphatic carbocycles. The summed E-state index contributed by atoms with van der Waals surface area (Å²) in [6, 6.07) is 14.0. The maximum absolute atomic E-state index is 10.1. The third kappa shape index (κ3) is 3.99. The van der Waals surface area contributed by atoms with Gasteiger partial charge in [-0.15, -0.1) is 0 Å². The molecule has 2 aromatic carbocycles. The van der Waals surface area contributed by atoms with Crippen LogP contribution in [0.4, 0.5) is 0 Å². The second kappa shape index (κ2) is 6.97. The van der Waals surface area contributed by atoms with Crippen molar-refractivity contribution in [3.8, 4) is 5.75 Å². The standard InChI is InChI=1S/C18H22ClNO/c1-4-17(14-6-8-15(19)9-7-14)20-13(3)16-10-5-12(2)11-18(16)21/h5-11,13,17,20-21H,4H2,1-3H3. The Hall–Kier alpha value is -1.51. The Kier molecular flexibility index (Phi) is 5.27. The number of phenols is 1. The number of rotatable bonds is 5. The zero-order chi connectivity index (χ0) is 15.4. The second-order valence-corrected chi connectivity index (χ2v) is 5.90. The molecule has 0 amide bonds. The molecule has 2 nitrogen and oxygen atoms in total. The van der Waals surface area contributed by atoms with Crippen LogP contribution in [0.1, 0.15) is 49.0 Å². The smallest absolute Gasteiger partial charge is 0.120 e. The summed E-state index contributed by atoms with van der Waals surface area (Å²) >= 11 is 5.94. The van der Waals surface area contributed by atoms with Crippen LogP contribution in [0.25, 0.3) is 0 Å². The van der Waals surface area contributed by atoms with Crippen molar-refractivity contribution < 1.29 is 5.11 Å². The third-order valence-corrected chi connectivity index (χ3v) is 4.04. The van der Waals surface area contributed by atoms with Crippen LogP contribution in [-0.2, 0) is 0 Å². The Balaban J connectivity index is 2.15. The number of halogens is 1. The summed E-state index contributed by atoms with van der Waals surface area (Å²) in [6.45, 7) is 6.20. The summed E-state index contributed by atoms with van der Waals surface area (Å²) in [5.74, 6) is 0.348. The number of hydrogen-bond acceptors (Lipinski definition) is 2. The van der Waals surface area contributed by atoms with Gasteiger partial charge in [0.2, 0.25) is 0 Å². The fourth-order valence-electron chi connectivity index (χ4n) is 2.56. The van der Waals surface area contributed by atoms with Crippen molar-refractivity contribution in [2.75, 3.05) is 0 Å². The van der Waals surface area contributed by atoms with Crippen LogP contribution >= 0.6 is 11.6 Å². The van der Waals surface area contributed by atoms with Gasteiger partial charge in [-0.3, -0.25) is 0 Å². The van der Waals surface area contributed by atoms with E-state index in [2.05, 4.69) is 19.2 Å². The first-order chi connectivity index (χ1) is 10.0. The van der Waals surface area contributed by atoms with Crippen LogP contribution in [0, 0.1) is 6.92 Å². The molecular weight excluding hydrogens is 282 g/mol. The lowest BCUT2D eigenvalue weighted by atomic mass is 10.00. The first kappa shape index (κ1) is 15.9. The van der Waals surface area contributed by atoms with Crippen molar-refractivity contribution in [2.24, 2.45) is 0 Å². The summed E-state index contributed by atoms with van der Waals surface area (Å²) < 4.78 is 0. The molecule has 2 unspecified atom stereocenters. The number of hydrogen-bond donors (Lipinski definition) is 2. The largest absolute Gasteiger partial charge is 0.508 e. The van der Waals surface area contributed by atoms with Gasteiger partial charge in [0.05, 0.1) is 0 Å². The Bertz CT molecular complexity index is 595. The molecule has 0 bridgehead atoms. The lowest BCUT2D eigenvalue weighted by molar-refractivity contribution is 0.424. The Morgan fingerprint density at radius 2 is 1.81 bits per heavy atom. The maximum atomic E-state index is 10.1. The van der Waals surface area contributed by atoms with Crippen molar-refractivity contribution in [2.45, 2.75) is 39.3 Å². The Labute approximate surface area is 131 Å². The molecule has 0 fully saturated rings. The molecule has 112 valence electrons. The highest BCUT2D eigenvalue weighted by Crippen LogP contribution is 2.28. The predicted molar refractivity (Wildman–Crippen MR) is 88.9 cm³/mol. The van der Waals surface area contributed by atoms with Gasteiger partial charge in [0.25, 0.3) is 0 Å². The fraction of sp³-hybridized carbons (Fsp3) is 0.333. The highest BCUT2D eigenvalue weighted by atomic mass is 35.5. The Morgan fingerprint density at radius 1 is 1.14 bits per heavy atom. The van der Waals surface area contributed by atoms with Crippen LogP contribution in [0.2, 0.25) is 5.02 Å². The summed E-state index contributed by atoms with van der Waals surface area (Å²) in [6.07, 6.45) is 0.971. The number of aromatic hydroxyl groups is 1. The number of benzene rings is 2. The first-order valence-corrected chi connectivity index (χ1v) is 7.70. The average molecular weight is 304 g/mol. The Morgan fingerprint density at radius 3 is 2.38 bits per heavy atom.